The first-order valence-corrected chi connectivity index (χ1v) is 10.6. The average Bonchev–Trinajstić information content (AvgIpc) is 3.53. The van der Waals surface area contributed by atoms with Gasteiger partial charge in [0.2, 0.25) is 0 Å². The lowest BCUT2D eigenvalue weighted by atomic mass is 9.99. The summed E-state index contributed by atoms with van der Waals surface area (Å²) in [6, 6.07) is 14.6. The molecular weight excluding hydrogens is 348 g/mol. The molecule has 2 aromatic carbocycles. The van der Waals surface area contributed by atoms with Gasteiger partial charge < -0.3 is 15.4 Å². The maximum atomic E-state index is 12.5. The summed E-state index contributed by atoms with van der Waals surface area (Å²) >= 11 is 0. The van der Waals surface area contributed by atoms with Gasteiger partial charge in [0.05, 0.1) is 6.61 Å². The molecule has 4 heteroatoms. The fraction of sp³-hybridized carbons (Fsp3) is 0.458. The average molecular weight is 379 g/mol. The number of fused-ring (bicyclic) bond motifs is 3. The maximum Gasteiger partial charge on any atom is 0.251 e. The number of carbonyl (C=O) groups is 1. The summed E-state index contributed by atoms with van der Waals surface area (Å²) in [6.45, 7) is 3.46. The highest BCUT2D eigenvalue weighted by Gasteiger charge is 2.22. The second-order valence-corrected chi connectivity index (χ2v) is 8.06. The van der Waals surface area contributed by atoms with E-state index in [9.17, 15) is 4.79 Å². The quantitative estimate of drug-likeness (QED) is 0.846. The van der Waals surface area contributed by atoms with Crippen LogP contribution in [0.5, 0.6) is 5.75 Å². The molecule has 0 atom stereocenters. The fourth-order valence-electron chi connectivity index (χ4n) is 3.67. The number of hydrogen-bond donors (Lipinski definition) is 2. The summed E-state index contributed by atoms with van der Waals surface area (Å²) in [7, 11) is 0. The Balaban J connectivity index is 1.56. The summed E-state index contributed by atoms with van der Waals surface area (Å²) in [5, 5.41) is 6.59. The zero-order valence-corrected chi connectivity index (χ0v) is 16.5. The molecule has 1 aliphatic carbocycles. The maximum absolute atomic E-state index is 12.5. The van der Waals surface area contributed by atoms with E-state index in [0.717, 1.165) is 68.8 Å². The van der Waals surface area contributed by atoms with Crippen molar-refractivity contribution in [1.29, 1.82) is 0 Å². The molecule has 1 fully saturated rings. The zero-order valence-electron chi connectivity index (χ0n) is 16.5. The topological polar surface area (TPSA) is 50.4 Å². The van der Waals surface area contributed by atoms with Crippen molar-refractivity contribution in [2.75, 3.05) is 19.7 Å². The summed E-state index contributed by atoms with van der Waals surface area (Å²) in [4.78, 5) is 12.5. The Bertz CT molecular complexity index is 814. The number of amides is 1. The Morgan fingerprint density at radius 3 is 2.86 bits per heavy atom. The highest BCUT2D eigenvalue weighted by molar-refractivity contribution is 5.94. The summed E-state index contributed by atoms with van der Waals surface area (Å²) < 4.78 is 6.10. The molecule has 1 aliphatic heterocycles. The summed E-state index contributed by atoms with van der Waals surface area (Å²) in [5.41, 5.74) is 4.36. The largest absolute Gasteiger partial charge is 0.493 e. The lowest BCUT2D eigenvalue weighted by molar-refractivity contribution is 0.0951. The first-order valence-electron chi connectivity index (χ1n) is 10.6. The van der Waals surface area contributed by atoms with Crippen LogP contribution in [0.25, 0.3) is 0 Å². The van der Waals surface area contributed by atoms with Crippen molar-refractivity contribution in [3.63, 3.8) is 0 Å². The molecule has 4 nitrogen and oxygen atoms in total. The molecule has 0 unspecified atom stereocenters. The van der Waals surface area contributed by atoms with E-state index >= 15 is 0 Å². The molecule has 1 saturated carbocycles. The van der Waals surface area contributed by atoms with E-state index in [-0.39, 0.29) is 5.91 Å². The Labute approximate surface area is 167 Å². The van der Waals surface area contributed by atoms with Gasteiger partial charge >= 0.3 is 0 Å². The minimum Gasteiger partial charge on any atom is -0.493 e. The molecule has 1 amide bonds. The van der Waals surface area contributed by atoms with Crippen molar-refractivity contribution in [3.8, 4) is 5.75 Å². The van der Waals surface area contributed by atoms with Crippen molar-refractivity contribution >= 4 is 5.91 Å². The smallest absolute Gasteiger partial charge is 0.251 e. The Morgan fingerprint density at radius 2 is 1.96 bits per heavy atom. The van der Waals surface area contributed by atoms with Crippen molar-refractivity contribution in [2.45, 2.75) is 45.1 Å². The zero-order chi connectivity index (χ0) is 19.2. The van der Waals surface area contributed by atoms with Gasteiger partial charge in [0, 0.05) is 25.1 Å². The van der Waals surface area contributed by atoms with Gasteiger partial charge in [-0.3, -0.25) is 4.79 Å². The molecule has 0 spiro atoms. The molecule has 0 saturated heterocycles. The van der Waals surface area contributed by atoms with Crippen LogP contribution in [0.1, 0.15) is 59.2 Å². The third-order valence-corrected chi connectivity index (χ3v) is 5.54. The molecule has 0 radical (unpaired) electrons. The van der Waals surface area contributed by atoms with Crippen LogP contribution in [0.2, 0.25) is 0 Å². The summed E-state index contributed by atoms with van der Waals surface area (Å²) in [5.74, 6) is 1.60. The van der Waals surface area contributed by atoms with Gasteiger partial charge in [-0.05, 0) is 79.5 Å². The highest BCUT2D eigenvalue weighted by Crippen LogP contribution is 2.28. The third kappa shape index (κ3) is 5.35. The van der Waals surface area contributed by atoms with Crippen molar-refractivity contribution in [1.82, 2.24) is 10.6 Å². The number of nitrogens with one attached hydrogen (secondary N) is 2. The van der Waals surface area contributed by atoms with E-state index < -0.39 is 0 Å². The predicted octanol–water partition coefficient (Wildman–Crippen LogP) is 4.07. The highest BCUT2D eigenvalue weighted by atomic mass is 16.5. The van der Waals surface area contributed by atoms with Gasteiger partial charge in [0.15, 0.2) is 0 Å². The number of hydrogen-bond acceptors (Lipinski definition) is 3. The molecule has 28 heavy (non-hydrogen) atoms. The Morgan fingerprint density at radius 1 is 1.07 bits per heavy atom. The van der Waals surface area contributed by atoms with E-state index in [0.29, 0.717) is 5.92 Å². The van der Waals surface area contributed by atoms with Gasteiger partial charge in [-0.2, -0.15) is 0 Å². The van der Waals surface area contributed by atoms with Gasteiger partial charge in [-0.25, -0.2) is 0 Å². The van der Waals surface area contributed by atoms with Crippen LogP contribution in [0.15, 0.2) is 42.5 Å². The molecule has 148 valence electrons. The second kappa shape index (κ2) is 9.24. The normalized spacial score (nSPS) is 17.7. The van der Waals surface area contributed by atoms with Crippen molar-refractivity contribution < 1.29 is 9.53 Å². The fourth-order valence-corrected chi connectivity index (χ4v) is 3.67. The minimum absolute atomic E-state index is 0.0204. The van der Waals surface area contributed by atoms with Crippen LogP contribution in [0, 0.1) is 5.92 Å². The Kier molecular flexibility index (Phi) is 6.27. The van der Waals surface area contributed by atoms with Crippen LogP contribution in [-0.2, 0) is 13.0 Å². The number of benzene rings is 2. The van der Waals surface area contributed by atoms with Crippen LogP contribution in [0.4, 0.5) is 0 Å². The van der Waals surface area contributed by atoms with E-state index in [1.165, 1.54) is 24.0 Å². The SMILES string of the molecule is O=C(NCC1CC1)c1ccc2c(c1)Cc1cccc(c1)CNCCCCCO2. The van der Waals surface area contributed by atoms with Crippen LogP contribution >= 0.6 is 0 Å². The third-order valence-electron chi connectivity index (χ3n) is 5.54. The molecule has 2 aliphatic rings. The molecule has 4 rings (SSSR count). The first kappa shape index (κ1) is 19.0. The lowest BCUT2D eigenvalue weighted by Crippen LogP contribution is -2.25. The molecule has 0 aromatic heterocycles. The van der Waals surface area contributed by atoms with E-state index in [4.69, 9.17) is 4.74 Å². The molecule has 2 N–H and O–H groups in total. The van der Waals surface area contributed by atoms with E-state index in [1.807, 2.05) is 18.2 Å². The Hall–Kier alpha value is -2.33. The molecular formula is C24H30N2O2. The van der Waals surface area contributed by atoms with Crippen molar-refractivity contribution in [3.05, 3.63) is 64.7 Å². The number of ether oxygens (including phenoxy) is 1. The van der Waals surface area contributed by atoms with Crippen LogP contribution in [0.3, 0.4) is 0 Å². The summed E-state index contributed by atoms with van der Waals surface area (Å²) in [6.07, 6.45) is 6.62. The van der Waals surface area contributed by atoms with E-state index in [2.05, 4.69) is 34.9 Å². The van der Waals surface area contributed by atoms with E-state index in [1.54, 1.807) is 0 Å². The van der Waals surface area contributed by atoms with Gasteiger partial charge in [0.1, 0.15) is 5.75 Å². The first-order chi connectivity index (χ1) is 13.8. The lowest BCUT2D eigenvalue weighted by Gasteiger charge is -2.15. The molecule has 1 heterocycles. The van der Waals surface area contributed by atoms with Gasteiger partial charge in [-0.15, -0.1) is 0 Å². The standard InChI is InChI=1S/C24H30N2O2/c27-24(26-17-18-7-8-18)21-9-10-23-22(15-21)14-19-5-4-6-20(13-19)16-25-11-2-1-3-12-28-23/h4-6,9-10,13,15,18,25H,1-3,7-8,11-12,14,16-17H2,(H,26,27). The number of carbonyl (C=O) groups excluding carboxylic acids is 1. The molecule has 2 bridgehead atoms. The monoisotopic (exact) mass is 378 g/mol. The second-order valence-electron chi connectivity index (χ2n) is 8.06. The molecule has 2 aromatic rings. The van der Waals surface area contributed by atoms with Gasteiger partial charge in [0.25, 0.3) is 5.91 Å². The van der Waals surface area contributed by atoms with Gasteiger partial charge in [-0.1, -0.05) is 24.3 Å². The predicted molar refractivity (Wildman–Crippen MR) is 112 cm³/mol. The minimum atomic E-state index is 0.0204. The van der Waals surface area contributed by atoms with Crippen LogP contribution in [-0.4, -0.2) is 25.6 Å². The van der Waals surface area contributed by atoms with Crippen molar-refractivity contribution in [2.24, 2.45) is 5.92 Å². The number of rotatable bonds is 3. The van der Waals surface area contributed by atoms with Crippen LogP contribution < -0.4 is 15.4 Å².